The fourth-order valence-electron chi connectivity index (χ4n) is 3.14. The maximum Gasteiger partial charge on any atom is 0.416 e. The van der Waals surface area contributed by atoms with Crippen molar-refractivity contribution in [3.8, 4) is 0 Å². The number of nitrogen functional groups attached to an aromatic ring is 1. The summed E-state index contributed by atoms with van der Waals surface area (Å²) in [4.78, 5) is 0. The Hall–Kier alpha value is -1.23. The van der Waals surface area contributed by atoms with Gasteiger partial charge in [-0.1, -0.05) is 20.3 Å². The Morgan fingerprint density at radius 3 is 2.43 bits per heavy atom. The van der Waals surface area contributed by atoms with E-state index < -0.39 is 17.8 Å². The number of hydrogen-bond acceptors (Lipinski definition) is 2. The van der Waals surface area contributed by atoms with E-state index >= 15 is 0 Å². The summed E-state index contributed by atoms with van der Waals surface area (Å²) in [5.41, 5.74) is 5.44. The lowest BCUT2D eigenvalue weighted by molar-refractivity contribution is -0.137. The summed E-state index contributed by atoms with van der Waals surface area (Å²) in [5, 5.41) is 10.5. The Balaban J connectivity index is 2.24. The van der Waals surface area contributed by atoms with Gasteiger partial charge in [-0.05, 0) is 48.8 Å². The van der Waals surface area contributed by atoms with Crippen molar-refractivity contribution >= 4 is 5.69 Å². The molecule has 4 atom stereocenters. The molecule has 2 rings (SSSR count). The van der Waals surface area contributed by atoms with E-state index in [1.165, 1.54) is 6.07 Å². The quantitative estimate of drug-likeness (QED) is 0.796. The van der Waals surface area contributed by atoms with Crippen LogP contribution in [0.1, 0.15) is 50.3 Å². The van der Waals surface area contributed by atoms with Crippen LogP contribution in [0, 0.1) is 17.8 Å². The van der Waals surface area contributed by atoms with E-state index in [9.17, 15) is 18.3 Å². The molecule has 1 saturated carbocycles. The molecule has 5 heteroatoms. The molecule has 3 N–H and O–H groups in total. The highest BCUT2D eigenvalue weighted by atomic mass is 19.4. The average Bonchev–Trinajstić information content (AvgIpc) is 2.40. The number of rotatable bonds is 2. The predicted molar refractivity (Wildman–Crippen MR) is 76.5 cm³/mol. The van der Waals surface area contributed by atoms with Crippen molar-refractivity contribution in [1.82, 2.24) is 0 Å². The van der Waals surface area contributed by atoms with Crippen LogP contribution in [0.15, 0.2) is 18.2 Å². The normalized spacial score (nSPS) is 28.4. The largest absolute Gasteiger partial charge is 0.416 e. The van der Waals surface area contributed by atoms with Gasteiger partial charge in [0.05, 0.1) is 11.7 Å². The van der Waals surface area contributed by atoms with Gasteiger partial charge in [0, 0.05) is 11.3 Å². The summed E-state index contributed by atoms with van der Waals surface area (Å²) in [7, 11) is 0. The highest BCUT2D eigenvalue weighted by molar-refractivity contribution is 5.50. The SMILES string of the molecule is CC1CCC(C(O)c2cc(C(F)(F)F)ccc2N)CC1C. The van der Waals surface area contributed by atoms with Gasteiger partial charge >= 0.3 is 6.18 Å². The van der Waals surface area contributed by atoms with Gasteiger partial charge in [0.15, 0.2) is 0 Å². The third-order valence-electron chi connectivity index (χ3n) is 4.82. The predicted octanol–water partition coefficient (Wildman–Crippen LogP) is 4.39. The van der Waals surface area contributed by atoms with E-state index in [2.05, 4.69) is 13.8 Å². The standard InChI is InChI=1S/C16H22F3NO/c1-9-3-4-11(7-10(9)2)15(21)13-8-12(16(17,18)19)5-6-14(13)20/h5-6,8-11,15,21H,3-4,7,20H2,1-2H3. The van der Waals surface area contributed by atoms with Crippen LogP contribution in [0.2, 0.25) is 0 Å². The molecule has 118 valence electrons. The molecule has 1 aliphatic rings. The smallest absolute Gasteiger partial charge is 0.398 e. The fraction of sp³-hybridized carbons (Fsp3) is 0.625. The van der Waals surface area contributed by atoms with Gasteiger partial charge in [-0.25, -0.2) is 0 Å². The second kappa shape index (κ2) is 5.87. The monoisotopic (exact) mass is 301 g/mol. The minimum Gasteiger partial charge on any atom is -0.398 e. The van der Waals surface area contributed by atoms with Crippen molar-refractivity contribution in [2.45, 2.75) is 45.4 Å². The highest BCUT2D eigenvalue weighted by Gasteiger charge is 2.34. The molecule has 4 unspecified atom stereocenters. The molecule has 1 aromatic rings. The van der Waals surface area contributed by atoms with Crippen molar-refractivity contribution in [3.05, 3.63) is 29.3 Å². The molecule has 0 bridgehead atoms. The summed E-state index contributed by atoms with van der Waals surface area (Å²) in [5.74, 6) is 1.03. The minimum atomic E-state index is -4.42. The summed E-state index contributed by atoms with van der Waals surface area (Å²) in [6.07, 6.45) is -2.72. The summed E-state index contributed by atoms with van der Waals surface area (Å²) in [6.45, 7) is 4.30. The number of aliphatic hydroxyl groups is 1. The van der Waals surface area contributed by atoms with Crippen LogP contribution < -0.4 is 5.73 Å². The van der Waals surface area contributed by atoms with Crippen LogP contribution in [0.25, 0.3) is 0 Å². The van der Waals surface area contributed by atoms with Crippen molar-refractivity contribution < 1.29 is 18.3 Å². The number of hydrogen-bond donors (Lipinski definition) is 2. The summed E-state index contributed by atoms with van der Waals surface area (Å²) in [6, 6.07) is 3.18. The molecule has 2 nitrogen and oxygen atoms in total. The van der Waals surface area contributed by atoms with Crippen LogP contribution >= 0.6 is 0 Å². The molecular weight excluding hydrogens is 279 g/mol. The Kier molecular flexibility index (Phi) is 4.51. The molecule has 0 amide bonds. The Morgan fingerprint density at radius 2 is 1.86 bits per heavy atom. The Morgan fingerprint density at radius 1 is 1.19 bits per heavy atom. The van der Waals surface area contributed by atoms with Gasteiger partial charge in [-0.3, -0.25) is 0 Å². The Bertz CT molecular complexity index is 501. The maximum atomic E-state index is 12.8. The van der Waals surface area contributed by atoms with Gasteiger partial charge < -0.3 is 10.8 Å². The van der Waals surface area contributed by atoms with Crippen LogP contribution in [0.5, 0.6) is 0 Å². The molecule has 0 saturated heterocycles. The molecule has 0 aromatic heterocycles. The van der Waals surface area contributed by atoms with Gasteiger partial charge in [0.25, 0.3) is 0 Å². The molecule has 1 aromatic carbocycles. The zero-order chi connectivity index (χ0) is 15.8. The molecule has 21 heavy (non-hydrogen) atoms. The van der Waals surface area contributed by atoms with Crippen molar-refractivity contribution in [2.75, 3.05) is 5.73 Å². The van der Waals surface area contributed by atoms with Crippen LogP contribution in [-0.4, -0.2) is 5.11 Å². The van der Waals surface area contributed by atoms with Crippen molar-refractivity contribution in [3.63, 3.8) is 0 Å². The molecular formula is C16H22F3NO. The highest BCUT2D eigenvalue weighted by Crippen LogP contribution is 2.42. The first kappa shape index (κ1) is 16.1. The second-order valence-electron chi connectivity index (χ2n) is 6.31. The number of nitrogens with two attached hydrogens (primary N) is 1. The first-order valence-corrected chi connectivity index (χ1v) is 7.34. The zero-order valence-corrected chi connectivity index (χ0v) is 12.3. The van der Waals surface area contributed by atoms with Crippen LogP contribution in [0.4, 0.5) is 18.9 Å². The second-order valence-corrected chi connectivity index (χ2v) is 6.31. The number of halogens is 3. The molecule has 0 heterocycles. The van der Waals surface area contributed by atoms with Crippen molar-refractivity contribution in [2.24, 2.45) is 17.8 Å². The van der Waals surface area contributed by atoms with E-state index in [0.717, 1.165) is 31.4 Å². The summed E-state index contributed by atoms with van der Waals surface area (Å²) >= 11 is 0. The third-order valence-corrected chi connectivity index (χ3v) is 4.82. The molecule has 1 fully saturated rings. The fourth-order valence-corrected chi connectivity index (χ4v) is 3.14. The number of aliphatic hydroxyl groups excluding tert-OH is 1. The number of alkyl halides is 3. The zero-order valence-electron chi connectivity index (χ0n) is 12.3. The molecule has 0 spiro atoms. The van der Waals surface area contributed by atoms with E-state index in [4.69, 9.17) is 5.73 Å². The lowest BCUT2D eigenvalue weighted by atomic mass is 9.72. The molecule has 0 aliphatic heterocycles. The molecule has 0 radical (unpaired) electrons. The first-order valence-electron chi connectivity index (χ1n) is 7.34. The third kappa shape index (κ3) is 3.51. The van der Waals surface area contributed by atoms with Crippen molar-refractivity contribution in [1.29, 1.82) is 0 Å². The van der Waals surface area contributed by atoms with Crippen LogP contribution in [-0.2, 0) is 6.18 Å². The summed E-state index contributed by atoms with van der Waals surface area (Å²) < 4.78 is 38.4. The van der Waals surface area contributed by atoms with Gasteiger partial charge in [0.1, 0.15) is 0 Å². The average molecular weight is 301 g/mol. The lowest BCUT2D eigenvalue weighted by Crippen LogP contribution is -2.25. The van der Waals surface area contributed by atoms with Crippen LogP contribution in [0.3, 0.4) is 0 Å². The first-order chi connectivity index (χ1) is 9.70. The molecule has 1 aliphatic carbocycles. The van der Waals surface area contributed by atoms with Gasteiger partial charge in [-0.2, -0.15) is 13.2 Å². The van der Waals surface area contributed by atoms with E-state index in [-0.39, 0.29) is 17.2 Å². The minimum absolute atomic E-state index is 0.0259. The lowest BCUT2D eigenvalue weighted by Gasteiger charge is -2.35. The number of benzene rings is 1. The Labute approximate surface area is 123 Å². The van der Waals surface area contributed by atoms with E-state index in [1.807, 2.05) is 0 Å². The topological polar surface area (TPSA) is 46.2 Å². The maximum absolute atomic E-state index is 12.8. The van der Waals surface area contributed by atoms with Gasteiger partial charge in [-0.15, -0.1) is 0 Å². The van der Waals surface area contributed by atoms with E-state index in [0.29, 0.717) is 11.8 Å². The van der Waals surface area contributed by atoms with Gasteiger partial charge in [0.2, 0.25) is 0 Å². The van der Waals surface area contributed by atoms with E-state index in [1.54, 1.807) is 0 Å². The number of anilines is 1.